The summed E-state index contributed by atoms with van der Waals surface area (Å²) in [5, 5.41) is 7.43. The van der Waals surface area contributed by atoms with Gasteiger partial charge in [-0.15, -0.1) is 5.10 Å². The van der Waals surface area contributed by atoms with E-state index in [0.29, 0.717) is 34.8 Å². The van der Waals surface area contributed by atoms with Crippen molar-refractivity contribution in [1.82, 2.24) is 14.6 Å². The molecule has 0 atom stereocenters. The molecule has 7 heteroatoms. The van der Waals surface area contributed by atoms with E-state index in [4.69, 9.17) is 16.5 Å². The molecule has 0 amide bonds. The Morgan fingerprint density at radius 1 is 1.15 bits per heavy atom. The van der Waals surface area contributed by atoms with Crippen LogP contribution in [0.4, 0.5) is 21.6 Å². The van der Waals surface area contributed by atoms with Gasteiger partial charge in [-0.25, -0.2) is 13.9 Å². The van der Waals surface area contributed by atoms with Crippen LogP contribution >= 0.6 is 0 Å². The number of imidazole rings is 1. The smallest absolute Gasteiger partial charge is 0.177 e. The second-order valence-corrected chi connectivity index (χ2v) is 7.14. The molecule has 2 heterocycles. The minimum Gasteiger partial charge on any atom is -0.382 e. The maximum Gasteiger partial charge on any atom is 0.177 e. The largest absolute Gasteiger partial charge is 0.382 e. The number of aromatic nitrogens is 3. The number of nitrogens with zero attached hydrogens (tertiary/aromatic N) is 3. The van der Waals surface area contributed by atoms with Crippen molar-refractivity contribution in [3.8, 4) is 0 Å². The normalized spacial score (nSPS) is 20.4. The summed E-state index contributed by atoms with van der Waals surface area (Å²) >= 11 is 0. The molecule has 3 aromatic rings. The van der Waals surface area contributed by atoms with Crippen LogP contribution in [-0.2, 0) is 0 Å². The molecule has 1 fully saturated rings. The Bertz CT molecular complexity index is 943. The van der Waals surface area contributed by atoms with Crippen LogP contribution in [0.5, 0.6) is 0 Å². The van der Waals surface area contributed by atoms with Crippen molar-refractivity contribution < 1.29 is 4.39 Å². The third-order valence-electron chi connectivity index (χ3n) is 5.05. The van der Waals surface area contributed by atoms with Crippen LogP contribution in [0.15, 0.2) is 30.5 Å². The summed E-state index contributed by atoms with van der Waals surface area (Å²) in [5.41, 5.74) is 15.5. The van der Waals surface area contributed by atoms with Gasteiger partial charge in [0.05, 0.1) is 23.3 Å². The number of hydrogen-bond acceptors (Lipinski definition) is 5. The predicted molar refractivity (Wildman–Crippen MR) is 101 cm³/mol. The molecular weight excluding hydrogens is 331 g/mol. The van der Waals surface area contributed by atoms with Crippen LogP contribution in [0, 0.1) is 12.7 Å². The second-order valence-electron chi connectivity index (χ2n) is 7.14. The lowest BCUT2D eigenvalue weighted by molar-refractivity contribution is 0.391. The Morgan fingerprint density at radius 3 is 2.65 bits per heavy atom. The van der Waals surface area contributed by atoms with Crippen LogP contribution in [0.25, 0.3) is 5.65 Å². The molecule has 1 aliphatic rings. The molecule has 0 bridgehead atoms. The van der Waals surface area contributed by atoms with E-state index in [1.807, 2.05) is 19.2 Å². The van der Waals surface area contributed by atoms with Gasteiger partial charge in [-0.3, -0.25) is 0 Å². The minimum absolute atomic E-state index is 0.291. The molecule has 1 aromatic carbocycles. The average molecular weight is 354 g/mol. The third kappa shape index (κ3) is 3.22. The number of rotatable bonds is 3. The summed E-state index contributed by atoms with van der Waals surface area (Å²) in [7, 11) is 0. The summed E-state index contributed by atoms with van der Waals surface area (Å²) in [6, 6.07) is 7.03. The van der Waals surface area contributed by atoms with Crippen molar-refractivity contribution in [3.63, 3.8) is 0 Å². The fourth-order valence-electron chi connectivity index (χ4n) is 3.58. The Kier molecular flexibility index (Phi) is 4.24. The first-order valence-corrected chi connectivity index (χ1v) is 8.94. The number of nitrogens with two attached hydrogens (primary N) is 2. The first kappa shape index (κ1) is 16.8. The molecule has 136 valence electrons. The van der Waals surface area contributed by atoms with Gasteiger partial charge in [-0.2, -0.15) is 0 Å². The number of aryl methyl sites for hydroxylation is 1. The highest BCUT2D eigenvalue weighted by molar-refractivity contribution is 5.76. The highest BCUT2D eigenvalue weighted by Gasteiger charge is 2.23. The lowest BCUT2D eigenvalue weighted by Crippen LogP contribution is -2.25. The zero-order valence-electron chi connectivity index (χ0n) is 14.7. The van der Waals surface area contributed by atoms with Crippen LogP contribution < -0.4 is 16.8 Å². The topological polar surface area (TPSA) is 94.3 Å². The molecule has 0 aliphatic heterocycles. The molecular formula is C19H23FN6. The van der Waals surface area contributed by atoms with Crippen molar-refractivity contribution in [1.29, 1.82) is 0 Å². The number of anilines is 3. The van der Waals surface area contributed by atoms with E-state index in [2.05, 4.69) is 10.4 Å². The van der Waals surface area contributed by atoms with Gasteiger partial charge in [0.2, 0.25) is 0 Å². The minimum atomic E-state index is -0.313. The maximum atomic E-state index is 14.2. The van der Waals surface area contributed by atoms with Gasteiger partial charge < -0.3 is 16.8 Å². The van der Waals surface area contributed by atoms with Crippen LogP contribution in [0.1, 0.15) is 42.9 Å². The number of benzene rings is 1. The van der Waals surface area contributed by atoms with Crippen LogP contribution in [0.3, 0.4) is 0 Å². The first-order chi connectivity index (χ1) is 12.5. The molecule has 0 saturated heterocycles. The average Bonchev–Trinajstić information content (AvgIpc) is 3.02. The van der Waals surface area contributed by atoms with Crippen LogP contribution in [0.2, 0.25) is 0 Å². The van der Waals surface area contributed by atoms with Crippen molar-refractivity contribution in [3.05, 3.63) is 47.5 Å². The number of nitrogens with one attached hydrogen (secondary N) is 1. The van der Waals surface area contributed by atoms with Gasteiger partial charge in [0.15, 0.2) is 5.65 Å². The summed E-state index contributed by atoms with van der Waals surface area (Å²) in [6.45, 7) is 1.85. The SMILES string of the molecule is Cc1ccc(Nc2cc(N)nn3cc([C@H]4CC[C@H](N)CC4)nc23)c(F)c1. The quantitative estimate of drug-likeness (QED) is 0.669. The molecule has 0 unspecified atom stereocenters. The molecule has 4 rings (SSSR count). The predicted octanol–water partition coefficient (Wildman–Crippen LogP) is 3.49. The molecule has 2 aromatic heterocycles. The fraction of sp³-hybridized carbons (Fsp3) is 0.368. The molecule has 6 nitrogen and oxygen atoms in total. The van der Waals surface area contributed by atoms with Gasteiger partial charge in [0, 0.05) is 18.0 Å². The first-order valence-electron chi connectivity index (χ1n) is 8.94. The second kappa shape index (κ2) is 6.57. The van der Waals surface area contributed by atoms with E-state index in [1.165, 1.54) is 6.07 Å². The van der Waals surface area contributed by atoms with Crippen molar-refractivity contribution >= 4 is 22.8 Å². The Hall–Kier alpha value is -2.67. The third-order valence-corrected chi connectivity index (χ3v) is 5.05. The zero-order valence-corrected chi connectivity index (χ0v) is 14.7. The van der Waals surface area contributed by atoms with Crippen LogP contribution in [-0.4, -0.2) is 20.6 Å². The summed E-state index contributed by atoms with van der Waals surface area (Å²) in [6.07, 6.45) is 5.98. The number of hydrogen-bond donors (Lipinski definition) is 3. The molecule has 5 N–H and O–H groups in total. The lowest BCUT2D eigenvalue weighted by Gasteiger charge is -2.24. The zero-order chi connectivity index (χ0) is 18.3. The Balaban J connectivity index is 1.70. The van der Waals surface area contributed by atoms with Gasteiger partial charge in [0.25, 0.3) is 0 Å². The number of halogens is 1. The van der Waals surface area contributed by atoms with Gasteiger partial charge in [-0.1, -0.05) is 6.07 Å². The van der Waals surface area contributed by atoms with E-state index in [1.54, 1.807) is 16.6 Å². The summed E-state index contributed by atoms with van der Waals surface area (Å²) < 4.78 is 15.9. The number of fused-ring (bicyclic) bond motifs is 1. The Labute approximate surface area is 151 Å². The van der Waals surface area contributed by atoms with Gasteiger partial charge in [-0.05, 0) is 50.3 Å². The monoisotopic (exact) mass is 354 g/mol. The Morgan fingerprint density at radius 2 is 1.92 bits per heavy atom. The fourth-order valence-corrected chi connectivity index (χ4v) is 3.58. The van der Waals surface area contributed by atoms with Crippen molar-refractivity contribution in [2.24, 2.45) is 5.73 Å². The summed E-state index contributed by atoms with van der Waals surface area (Å²) in [5.74, 6) is 0.412. The van der Waals surface area contributed by atoms with E-state index >= 15 is 0 Å². The lowest BCUT2D eigenvalue weighted by atomic mass is 9.85. The molecule has 1 aliphatic carbocycles. The van der Waals surface area contributed by atoms with E-state index < -0.39 is 0 Å². The van der Waals surface area contributed by atoms with E-state index in [0.717, 1.165) is 36.9 Å². The van der Waals surface area contributed by atoms with E-state index in [-0.39, 0.29) is 5.82 Å². The van der Waals surface area contributed by atoms with Gasteiger partial charge in [0.1, 0.15) is 11.6 Å². The standard InChI is InChI=1S/C19H23FN6/c1-11-2-7-15(14(20)8-11)23-16-9-18(22)25-26-10-17(24-19(16)26)12-3-5-13(21)6-4-12/h2,7-10,12-13,23H,3-6,21H2,1H3,(H2,22,25)/t12-,13-. The maximum absolute atomic E-state index is 14.2. The number of nitrogen functional groups attached to an aromatic ring is 1. The molecule has 1 saturated carbocycles. The van der Waals surface area contributed by atoms with Crippen molar-refractivity contribution in [2.75, 3.05) is 11.1 Å². The highest BCUT2D eigenvalue weighted by atomic mass is 19.1. The van der Waals surface area contributed by atoms with Crippen molar-refractivity contribution in [2.45, 2.75) is 44.6 Å². The highest BCUT2D eigenvalue weighted by Crippen LogP contribution is 2.33. The molecule has 0 spiro atoms. The van der Waals surface area contributed by atoms with E-state index in [9.17, 15) is 4.39 Å². The molecule has 0 radical (unpaired) electrons. The van der Waals surface area contributed by atoms with Gasteiger partial charge >= 0.3 is 0 Å². The molecule has 26 heavy (non-hydrogen) atoms. The summed E-state index contributed by atoms with van der Waals surface area (Å²) in [4.78, 5) is 4.77.